The number of fused-ring (bicyclic) bond motifs is 1. The lowest BCUT2D eigenvalue weighted by Crippen LogP contribution is -2.21. The number of nitrogens with one attached hydrogen (secondary N) is 1. The van der Waals surface area contributed by atoms with Gasteiger partial charge >= 0.3 is 0 Å². The second kappa shape index (κ2) is 1.94. The predicted octanol–water partition coefficient (Wildman–Crippen LogP) is 0.571. The summed E-state index contributed by atoms with van der Waals surface area (Å²) in [6.45, 7) is 0. The van der Waals surface area contributed by atoms with Gasteiger partial charge in [-0.1, -0.05) is 5.22 Å². The molecular weight excluding hydrogens is 130 g/mol. The van der Waals surface area contributed by atoms with Crippen molar-refractivity contribution in [1.82, 2.24) is 10.5 Å². The highest BCUT2D eigenvalue weighted by Gasteiger charge is 2.10. The van der Waals surface area contributed by atoms with Crippen LogP contribution in [0.1, 0.15) is 0 Å². The summed E-state index contributed by atoms with van der Waals surface area (Å²) in [7, 11) is 0. The highest BCUT2D eigenvalue weighted by molar-refractivity contribution is 5.72. The third-order valence-corrected chi connectivity index (χ3v) is 1.15. The summed E-state index contributed by atoms with van der Waals surface area (Å²) in [6.07, 6.45) is 6.90. The van der Waals surface area contributed by atoms with Crippen LogP contribution in [0.3, 0.4) is 0 Å². The van der Waals surface area contributed by atoms with Crippen LogP contribution in [0.15, 0.2) is 39.6 Å². The Kier molecular flexibility index (Phi) is 1.00. The van der Waals surface area contributed by atoms with Crippen LogP contribution in [-0.4, -0.2) is 11.2 Å². The second-order valence-corrected chi connectivity index (χ2v) is 1.80. The van der Waals surface area contributed by atoms with Gasteiger partial charge in [-0.3, -0.25) is 4.99 Å². The smallest absolute Gasteiger partial charge is 0.195 e. The third-order valence-electron chi connectivity index (χ3n) is 1.15. The minimum Gasteiger partial charge on any atom is -0.261 e. The summed E-state index contributed by atoms with van der Waals surface area (Å²) in [6, 6.07) is 0. The highest BCUT2D eigenvalue weighted by Crippen LogP contribution is 2.11. The van der Waals surface area contributed by atoms with Gasteiger partial charge in [0.05, 0.1) is 6.20 Å². The van der Waals surface area contributed by atoms with Crippen LogP contribution in [0, 0.1) is 0 Å². The van der Waals surface area contributed by atoms with Crippen LogP contribution in [-0.2, 0) is 0 Å². The van der Waals surface area contributed by atoms with E-state index in [0.717, 1.165) is 0 Å². The molecule has 2 aliphatic rings. The molecule has 1 N–H and O–H groups in total. The Bertz CT molecular complexity index is 249. The van der Waals surface area contributed by atoms with Gasteiger partial charge in [0.1, 0.15) is 0 Å². The Balaban J connectivity index is 2.36. The molecule has 0 saturated carbocycles. The maximum Gasteiger partial charge on any atom is 0.195 e. The molecule has 0 amide bonds. The van der Waals surface area contributed by atoms with Crippen LogP contribution in [0.25, 0.3) is 0 Å². The number of aliphatic imine (C=N–C) groups is 1. The van der Waals surface area contributed by atoms with E-state index in [1.165, 1.54) is 0 Å². The molecule has 5 nitrogen and oxygen atoms in total. The minimum atomic E-state index is 0.699. The van der Waals surface area contributed by atoms with Crippen molar-refractivity contribution in [2.45, 2.75) is 0 Å². The van der Waals surface area contributed by atoms with E-state index in [2.05, 4.69) is 20.9 Å². The monoisotopic (exact) mass is 135 g/mol. The van der Waals surface area contributed by atoms with Gasteiger partial charge in [-0.2, -0.15) is 5.53 Å². The first-order chi connectivity index (χ1) is 4.97. The first-order valence-corrected chi connectivity index (χ1v) is 2.82. The molecule has 0 aromatic carbocycles. The van der Waals surface area contributed by atoms with E-state index in [9.17, 15) is 0 Å². The van der Waals surface area contributed by atoms with E-state index in [4.69, 9.17) is 0 Å². The zero-order valence-corrected chi connectivity index (χ0v) is 5.10. The molecule has 0 atom stereocenters. The number of hydrogen-bond acceptors (Lipinski definition) is 5. The molecule has 0 spiro atoms. The summed E-state index contributed by atoms with van der Waals surface area (Å²) in [4.78, 5) is 3.90. The van der Waals surface area contributed by atoms with Gasteiger partial charge in [0, 0.05) is 12.4 Å². The van der Waals surface area contributed by atoms with Crippen molar-refractivity contribution in [1.29, 1.82) is 0 Å². The van der Waals surface area contributed by atoms with Crippen molar-refractivity contribution in [3.8, 4) is 0 Å². The minimum absolute atomic E-state index is 0.699. The molecule has 0 unspecified atom stereocenters. The summed E-state index contributed by atoms with van der Waals surface area (Å²) in [5, 5.41) is 9.00. The van der Waals surface area contributed by atoms with E-state index in [0.29, 0.717) is 5.82 Å². The van der Waals surface area contributed by atoms with E-state index in [1.807, 2.05) is 0 Å². The molecule has 0 aliphatic carbocycles. The normalized spacial score (nSPS) is 20.0. The summed E-state index contributed by atoms with van der Waals surface area (Å²) < 4.78 is 0. The highest BCUT2D eigenvalue weighted by atomic mass is 15.8. The fraction of sp³-hybridized carbons (Fsp3) is 0. The molecule has 0 saturated heterocycles. The molecule has 0 aromatic rings. The van der Waals surface area contributed by atoms with E-state index in [-0.39, 0.29) is 0 Å². The van der Waals surface area contributed by atoms with Crippen LogP contribution < -0.4 is 5.53 Å². The Labute approximate surface area is 57.4 Å². The average molecular weight is 135 g/mol. The first-order valence-electron chi connectivity index (χ1n) is 2.82. The molecule has 50 valence electrons. The lowest BCUT2D eigenvalue weighted by Gasteiger charge is -2.07. The van der Waals surface area contributed by atoms with Crippen LogP contribution in [0.5, 0.6) is 0 Å². The molecule has 0 fully saturated rings. The number of hydrogen-bond donors (Lipinski definition) is 1. The van der Waals surface area contributed by atoms with E-state index < -0.39 is 0 Å². The third kappa shape index (κ3) is 0.680. The lowest BCUT2D eigenvalue weighted by molar-refractivity contribution is 0.387. The number of hydrazine groups is 1. The molecule has 5 heteroatoms. The SMILES string of the molecule is C1=CN2NN=NC2=CN=C1. The maximum atomic E-state index is 3.90. The number of allylic oxidation sites excluding steroid dienone is 1. The van der Waals surface area contributed by atoms with Gasteiger partial charge in [0.2, 0.25) is 0 Å². The van der Waals surface area contributed by atoms with Gasteiger partial charge < -0.3 is 0 Å². The summed E-state index contributed by atoms with van der Waals surface area (Å²) >= 11 is 0. The van der Waals surface area contributed by atoms with Crippen molar-refractivity contribution >= 4 is 6.21 Å². The molecule has 0 bridgehead atoms. The average Bonchev–Trinajstić information content (AvgIpc) is 2.28. The van der Waals surface area contributed by atoms with E-state index in [1.54, 1.807) is 29.7 Å². The summed E-state index contributed by atoms with van der Waals surface area (Å²) in [5.41, 5.74) is 2.66. The maximum absolute atomic E-state index is 3.90. The Hall–Kier alpha value is -1.65. The second-order valence-electron chi connectivity index (χ2n) is 1.80. The lowest BCUT2D eigenvalue weighted by atomic mass is 10.6. The standard InChI is InChI=1S/C5H5N5/c1-2-6-4-5-7-8-9-10(5)3-1/h1-4H,(H,7,9). The van der Waals surface area contributed by atoms with Crippen LogP contribution >= 0.6 is 0 Å². The van der Waals surface area contributed by atoms with E-state index >= 15 is 0 Å². The van der Waals surface area contributed by atoms with Gasteiger partial charge in [-0.15, -0.1) is 5.11 Å². The Morgan fingerprint density at radius 3 is 3.50 bits per heavy atom. The molecule has 2 aliphatic heterocycles. The molecule has 0 radical (unpaired) electrons. The van der Waals surface area contributed by atoms with Gasteiger partial charge in [0.25, 0.3) is 0 Å². The molecule has 2 rings (SSSR count). The van der Waals surface area contributed by atoms with Crippen molar-refractivity contribution in [3.63, 3.8) is 0 Å². The molecule has 10 heavy (non-hydrogen) atoms. The first kappa shape index (κ1) is 5.16. The largest absolute Gasteiger partial charge is 0.261 e. The summed E-state index contributed by atoms with van der Waals surface area (Å²) in [5.74, 6) is 0.699. The molecular formula is C5H5N5. The topological polar surface area (TPSA) is 52.3 Å². The van der Waals surface area contributed by atoms with Crippen molar-refractivity contribution in [2.75, 3.05) is 0 Å². The molecule has 2 heterocycles. The van der Waals surface area contributed by atoms with Gasteiger partial charge in [-0.05, 0) is 6.08 Å². The van der Waals surface area contributed by atoms with Crippen molar-refractivity contribution in [3.05, 3.63) is 24.3 Å². The fourth-order valence-electron chi connectivity index (χ4n) is 0.703. The van der Waals surface area contributed by atoms with Gasteiger partial charge in [-0.25, -0.2) is 5.01 Å². The quantitative estimate of drug-likeness (QED) is 0.528. The van der Waals surface area contributed by atoms with Crippen molar-refractivity contribution in [2.24, 2.45) is 15.3 Å². The van der Waals surface area contributed by atoms with Crippen LogP contribution in [0.2, 0.25) is 0 Å². The zero-order chi connectivity index (χ0) is 6.81. The Morgan fingerprint density at radius 1 is 1.50 bits per heavy atom. The zero-order valence-electron chi connectivity index (χ0n) is 5.10. The Morgan fingerprint density at radius 2 is 2.50 bits per heavy atom. The van der Waals surface area contributed by atoms with Gasteiger partial charge in [0.15, 0.2) is 5.82 Å². The number of nitrogens with zero attached hydrogens (tertiary/aromatic N) is 4. The van der Waals surface area contributed by atoms with Crippen LogP contribution in [0.4, 0.5) is 0 Å². The fourth-order valence-corrected chi connectivity index (χ4v) is 0.703. The number of rotatable bonds is 0. The molecule has 0 aromatic heterocycles. The van der Waals surface area contributed by atoms with Crippen molar-refractivity contribution < 1.29 is 0 Å². The predicted molar refractivity (Wildman–Crippen MR) is 35.5 cm³/mol.